The van der Waals surface area contributed by atoms with E-state index in [2.05, 4.69) is 37.1 Å². The fourth-order valence-corrected chi connectivity index (χ4v) is 3.84. The summed E-state index contributed by atoms with van der Waals surface area (Å²) in [6, 6.07) is 4.69. The summed E-state index contributed by atoms with van der Waals surface area (Å²) in [7, 11) is 0. The third kappa shape index (κ3) is 4.45. The van der Waals surface area contributed by atoms with Crippen LogP contribution in [-0.4, -0.2) is 31.1 Å². The largest absolute Gasteiger partial charge is 0.316 e. The fraction of sp³-hybridized carbons (Fsp3) is 0.733. The first-order valence-electron chi connectivity index (χ1n) is 7.26. The van der Waals surface area contributed by atoms with Crippen molar-refractivity contribution in [1.29, 1.82) is 0 Å². The maximum absolute atomic E-state index is 6.03. The molecular formula is C15H25ClN2S. The highest BCUT2D eigenvalue weighted by molar-refractivity contribution is 7.16. The number of thiophene rings is 1. The SMILES string of the molecule is CC(C)CNCC1CCN(C(C)c2ccc(Cl)s2)C1. The van der Waals surface area contributed by atoms with Crippen LogP contribution in [0.15, 0.2) is 12.1 Å². The second-order valence-corrected chi connectivity index (χ2v) is 7.77. The molecule has 2 unspecified atom stereocenters. The molecule has 1 aliphatic heterocycles. The van der Waals surface area contributed by atoms with Crippen LogP contribution in [0, 0.1) is 11.8 Å². The maximum atomic E-state index is 6.03. The summed E-state index contributed by atoms with van der Waals surface area (Å²) in [5.74, 6) is 1.54. The minimum atomic E-state index is 0.507. The molecule has 19 heavy (non-hydrogen) atoms. The van der Waals surface area contributed by atoms with Crippen LogP contribution in [0.25, 0.3) is 0 Å². The van der Waals surface area contributed by atoms with E-state index in [0.717, 1.165) is 29.3 Å². The van der Waals surface area contributed by atoms with Crippen molar-refractivity contribution in [2.45, 2.75) is 33.2 Å². The molecule has 0 radical (unpaired) electrons. The number of likely N-dealkylation sites (tertiary alicyclic amines) is 1. The van der Waals surface area contributed by atoms with Crippen molar-refractivity contribution in [3.8, 4) is 0 Å². The maximum Gasteiger partial charge on any atom is 0.0931 e. The van der Waals surface area contributed by atoms with E-state index < -0.39 is 0 Å². The number of hydrogen-bond donors (Lipinski definition) is 1. The van der Waals surface area contributed by atoms with E-state index in [4.69, 9.17) is 11.6 Å². The molecule has 4 heteroatoms. The molecule has 1 aromatic heterocycles. The van der Waals surface area contributed by atoms with Crippen molar-refractivity contribution in [3.05, 3.63) is 21.3 Å². The molecular weight excluding hydrogens is 276 g/mol. The monoisotopic (exact) mass is 300 g/mol. The van der Waals surface area contributed by atoms with E-state index in [1.807, 2.05) is 6.07 Å². The summed E-state index contributed by atoms with van der Waals surface area (Å²) in [6.45, 7) is 11.5. The minimum Gasteiger partial charge on any atom is -0.316 e. The molecule has 2 heterocycles. The van der Waals surface area contributed by atoms with Gasteiger partial charge in [-0.15, -0.1) is 11.3 Å². The van der Waals surface area contributed by atoms with Crippen LogP contribution in [0.4, 0.5) is 0 Å². The van der Waals surface area contributed by atoms with Crippen LogP contribution in [0.2, 0.25) is 4.34 Å². The van der Waals surface area contributed by atoms with Gasteiger partial charge in [-0.3, -0.25) is 4.90 Å². The van der Waals surface area contributed by atoms with Gasteiger partial charge in [-0.25, -0.2) is 0 Å². The minimum absolute atomic E-state index is 0.507. The number of nitrogens with zero attached hydrogens (tertiary/aromatic N) is 1. The third-order valence-corrected chi connectivity index (χ3v) is 5.26. The molecule has 108 valence electrons. The van der Waals surface area contributed by atoms with Crippen LogP contribution in [0.1, 0.15) is 38.1 Å². The van der Waals surface area contributed by atoms with Crippen molar-refractivity contribution in [2.24, 2.45) is 11.8 Å². The van der Waals surface area contributed by atoms with Gasteiger partial charge in [0.05, 0.1) is 4.34 Å². The zero-order chi connectivity index (χ0) is 13.8. The van der Waals surface area contributed by atoms with Crippen molar-refractivity contribution < 1.29 is 0 Å². The lowest BCUT2D eigenvalue weighted by Gasteiger charge is -2.23. The highest BCUT2D eigenvalue weighted by atomic mass is 35.5. The predicted octanol–water partition coefficient (Wildman–Crippen LogP) is 4.03. The van der Waals surface area contributed by atoms with Crippen LogP contribution >= 0.6 is 22.9 Å². The number of nitrogens with one attached hydrogen (secondary N) is 1. The molecule has 0 saturated carbocycles. The quantitative estimate of drug-likeness (QED) is 0.853. The first-order chi connectivity index (χ1) is 9.06. The van der Waals surface area contributed by atoms with Gasteiger partial charge in [-0.2, -0.15) is 0 Å². The summed E-state index contributed by atoms with van der Waals surface area (Å²) in [5, 5.41) is 3.58. The second kappa shape index (κ2) is 7.07. The van der Waals surface area contributed by atoms with Gasteiger partial charge in [0.15, 0.2) is 0 Å². The highest BCUT2D eigenvalue weighted by Crippen LogP contribution is 2.33. The molecule has 1 aliphatic rings. The van der Waals surface area contributed by atoms with Crippen molar-refractivity contribution in [3.63, 3.8) is 0 Å². The molecule has 2 atom stereocenters. The summed E-state index contributed by atoms with van der Waals surface area (Å²) < 4.78 is 0.899. The average Bonchev–Trinajstić information content (AvgIpc) is 2.97. The summed E-state index contributed by atoms with van der Waals surface area (Å²) >= 11 is 7.74. The Morgan fingerprint density at radius 3 is 2.84 bits per heavy atom. The summed E-state index contributed by atoms with van der Waals surface area (Å²) in [5.41, 5.74) is 0. The molecule has 0 aliphatic carbocycles. The Labute approximate surface area is 126 Å². The fourth-order valence-electron chi connectivity index (χ4n) is 2.69. The Hall–Kier alpha value is -0.0900. The van der Waals surface area contributed by atoms with Gasteiger partial charge in [0.25, 0.3) is 0 Å². The van der Waals surface area contributed by atoms with Gasteiger partial charge >= 0.3 is 0 Å². The average molecular weight is 301 g/mol. The first-order valence-corrected chi connectivity index (χ1v) is 8.45. The molecule has 1 aromatic rings. The number of rotatable bonds is 6. The van der Waals surface area contributed by atoms with E-state index in [-0.39, 0.29) is 0 Å². The van der Waals surface area contributed by atoms with E-state index in [1.54, 1.807) is 11.3 Å². The lowest BCUT2D eigenvalue weighted by atomic mass is 10.1. The first kappa shape index (κ1) is 15.3. The number of hydrogen-bond acceptors (Lipinski definition) is 3. The molecule has 2 nitrogen and oxygen atoms in total. The molecule has 0 amide bonds. The van der Waals surface area contributed by atoms with E-state index in [9.17, 15) is 0 Å². The molecule has 1 saturated heterocycles. The lowest BCUT2D eigenvalue weighted by molar-refractivity contribution is 0.254. The van der Waals surface area contributed by atoms with Gasteiger partial charge < -0.3 is 5.32 Å². The van der Waals surface area contributed by atoms with Crippen LogP contribution in [0.3, 0.4) is 0 Å². The third-order valence-electron chi connectivity index (χ3n) is 3.86. The van der Waals surface area contributed by atoms with Crippen molar-refractivity contribution in [2.75, 3.05) is 26.2 Å². The van der Waals surface area contributed by atoms with Gasteiger partial charge in [0.2, 0.25) is 0 Å². The Morgan fingerprint density at radius 2 is 2.21 bits per heavy atom. The van der Waals surface area contributed by atoms with Gasteiger partial charge in [0, 0.05) is 17.5 Å². The van der Waals surface area contributed by atoms with Crippen LogP contribution in [0.5, 0.6) is 0 Å². The van der Waals surface area contributed by atoms with Crippen LogP contribution in [-0.2, 0) is 0 Å². The van der Waals surface area contributed by atoms with E-state index in [1.165, 1.54) is 24.4 Å². The smallest absolute Gasteiger partial charge is 0.0931 e. The standard InChI is InChI=1S/C15H25ClN2S/c1-11(2)8-17-9-13-6-7-18(10-13)12(3)14-4-5-15(16)19-14/h4-5,11-13,17H,6-10H2,1-3H3. The summed E-state index contributed by atoms with van der Waals surface area (Å²) in [4.78, 5) is 3.98. The van der Waals surface area contributed by atoms with E-state index in [0.29, 0.717) is 6.04 Å². The van der Waals surface area contributed by atoms with E-state index >= 15 is 0 Å². The topological polar surface area (TPSA) is 15.3 Å². The predicted molar refractivity (Wildman–Crippen MR) is 85.1 cm³/mol. The molecule has 0 bridgehead atoms. The highest BCUT2D eigenvalue weighted by Gasteiger charge is 2.27. The second-order valence-electron chi connectivity index (χ2n) is 6.02. The Balaban J connectivity index is 1.78. The van der Waals surface area contributed by atoms with Gasteiger partial charge in [-0.1, -0.05) is 25.4 Å². The Kier molecular flexibility index (Phi) is 5.70. The number of halogens is 1. The van der Waals surface area contributed by atoms with Crippen LogP contribution < -0.4 is 5.32 Å². The van der Waals surface area contributed by atoms with Crippen molar-refractivity contribution in [1.82, 2.24) is 10.2 Å². The zero-order valence-electron chi connectivity index (χ0n) is 12.2. The molecule has 1 N–H and O–H groups in total. The Morgan fingerprint density at radius 1 is 1.42 bits per heavy atom. The van der Waals surface area contributed by atoms with Gasteiger partial charge in [-0.05, 0) is 56.9 Å². The van der Waals surface area contributed by atoms with Gasteiger partial charge in [0.1, 0.15) is 0 Å². The normalized spacial score (nSPS) is 22.3. The molecule has 1 fully saturated rings. The lowest BCUT2D eigenvalue weighted by Crippen LogP contribution is -2.29. The molecule has 0 spiro atoms. The zero-order valence-corrected chi connectivity index (χ0v) is 13.7. The molecule has 2 rings (SSSR count). The molecule has 0 aromatic carbocycles. The summed E-state index contributed by atoms with van der Waals surface area (Å²) in [6.07, 6.45) is 1.31. The Bertz CT molecular complexity index is 391. The van der Waals surface area contributed by atoms with Crippen molar-refractivity contribution >= 4 is 22.9 Å².